The number of aromatic nitrogens is 1. The Morgan fingerprint density at radius 3 is 3.14 bits per heavy atom. The highest BCUT2D eigenvalue weighted by Crippen LogP contribution is 2.35. The fourth-order valence-electron chi connectivity index (χ4n) is 2.37. The van der Waals surface area contributed by atoms with Crippen molar-refractivity contribution in [2.45, 2.75) is 25.8 Å². The summed E-state index contributed by atoms with van der Waals surface area (Å²) < 4.78 is 5.30. The van der Waals surface area contributed by atoms with Crippen LogP contribution in [0.1, 0.15) is 24.3 Å². The average molecular weight is 190 g/mol. The van der Waals surface area contributed by atoms with Crippen molar-refractivity contribution in [3.8, 4) is 0 Å². The zero-order chi connectivity index (χ0) is 9.54. The maximum atomic E-state index is 5.30. The van der Waals surface area contributed by atoms with Gasteiger partial charge in [-0.05, 0) is 25.7 Å². The molecule has 2 unspecified atom stereocenters. The molecule has 0 saturated carbocycles. The van der Waals surface area contributed by atoms with Crippen LogP contribution < -0.4 is 5.32 Å². The molecule has 1 aliphatic heterocycles. The SMILES string of the molecule is Cc1cc(C2=CCCC3CNC23)on1. The molecule has 3 heteroatoms. The van der Waals surface area contributed by atoms with Gasteiger partial charge in [0.2, 0.25) is 0 Å². The fraction of sp³-hybridized carbons (Fsp3) is 0.545. The Morgan fingerprint density at radius 2 is 2.50 bits per heavy atom. The third-order valence-electron chi connectivity index (χ3n) is 3.22. The van der Waals surface area contributed by atoms with Crippen LogP contribution in [0, 0.1) is 12.8 Å². The molecular formula is C11H14N2O. The predicted molar refractivity (Wildman–Crippen MR) is 53.7 cm³/mol. The van der Waals surface area contributed by atoms with Gasteiger partial charge < -0.3 is 9.84 Å². The Kier molecular flexibility index (Phi) is 1.74. The fourth-order valence-corrected chi connectivity index (χ4v) is 2.37. The van der Waals surface area contributed by atoms with Crippen LogP contribution in [0.2, 0.25) is 0 Å². The van der Waals surface area contributed by atoms with Gasteiger partial charge in [0.15, 0.2) is 5.76 Å². The molecule has 1 aromatic heterocycles. The second-order valence-corrected chi connectivity index (χ2v) is 4.22. The van der Waals surface area contributed by atoms with Crippen LogP contribution in [-0.4, -0.2) is 17.7 Å². The van der Waals surface area contributed by atoms with Gasteiger partial charge in [-0.25, -0.2) is 0 Å². The number of hydrogen-bond donors (Lipinski definition) is 1. The number of hydrogen-bond acceptors (Lipinski definition) is 3. The summed E-state index contributed by atoms with van der Waals surface area (Å²) in [6.07, 6.45) is 4.78. The number of allylic oxidation sites excluding steroid dienone is 1. The number of fused-ring (bicyclic) bond motifs is 1. The van der Waals surface area contributed by atoms with Gasteiger partial charge in [0, 0.05) is 24.2 Å². The summed E-state index contributed by atoms with van der Waals surface area (Å²) in [6, 6.07) is 2.55. The largest absolute Gasteiger partial charge is 0.356 e. The first-order valence-electron chi connectivity index (χ1n) is 5.22. The van der Waals surface area contributed by atoms with Crippen LogP contribution in [0.4, 0.5) is 0 Å². The minimum atomic E-state index is 0.524. The Hall–Kier alpha value is -1.09. The Morgan fingerprint density at radius 1 is 1.57 bits per heavy atom. The molecule has 2 aliphatic rings. The Balaban J connectivity index is 1.93. The highest BCUT2D eigenvalue weighted by Gasteiger charge is 2.36. The van der Waals surface area contributed by atoms with Crippen molar-refractivity contribution in [3.63, 3.8) is 0 Å². The van der Waals surface area contributed by atoms with Crippen molar-refractivity contribution in [2.24, 2.45) is 5.92 Å². The molecule has 0 aromatic carbocycles. The summed E-state index contributed by atoms with van der Waals surface area (Å²) in [7, 11) is 0. The normalized spacial score (nSPS) is 30.5. The van der Waals surface area contributed by atoms with E-state index >= 15 is 0 Å². The van der Waals surface area contributed by atoms with Crippen molar-refractivity contribution >= 4 is 5.57 Å². The van der Waals surface area contributed by atoms with Gasteiger partial charge in [-0.1, -0.05) is 11.2 Å². The lowest BCUT2D eigenvalue weighted by Crippen LogP contribution is -2.54. The van der Waals surface area contributed by atoms with Gasteiger partial charge in [0.1, 0.15) is 0 Å². The third-order valence-corrected chi connectivity index (χ3v) is 3.22. The minimum Gasteiger partial charge on any atom is -0.356 e. The molecule has 3 nitrogen and oxygen atoms in total. The Bertz CT molecular complexity index is 380. The molecule has 1 aromatic rings. The smallest absolute Gasteiger partial charge is 0.164 e. The summed E-state index contributed by atoms with van der Waals surface area (Å²) in [5, 5.41) is 7.38. The molecule has 2 heterocycles. The lowest BCUT2D eigenvalue weighted by atomic mass is 9.77. The summed E-state index contributed by atoms with van der Waals surface area (Å²) in [5.41, 5.74) is 2.27. The van der Waals surface area contributed by atoms with E-state index in [4.69, 9.17) is 4.52 Å². The zero-order valence-corrected chi connectivity index (χ0v) is 8.29. The van der Waals surface area contributed by atoms with Crippen LogP contribution in [0.15, 0.2) is 16.7 Å². The van der Waals surface area contributed by atoms with Crippen molar-refractivity contribution in [1.29, 1.82) is 0 Å². The van der Waals surface area contributed by atoms with E-state index in [0.29, 0.717) is 6.04 Å². The second-order valence-electron chi connectivity index (χ2n) is 4.22. The highest BCUT2D eigenvalue weighted by molar-refractivity contribution is 5.68. The predicted octanol–water partition coefficient (Wildman–Crippen LogP) is 1.75. The van der Waals surface area contributed by atoms with E-state index in [1.165, 1.54) is 18.4 Å². The molecule has 1 N–H and O–H groups in total. The summed E-state index contributed by atoms with van der Waals surface area (Å²) in [5.74, 6) is 1.77. The van der Waals surface area contributed by atoms with Gasteiger partial charge in [-0.3, -0.25) is 0 Å². The van der Waals surface area contributed by atoms with Gasteiger partial charge in [-0.15, -0.1) is 0 Å². The van der Waals surface area contributed by atoms with Crippen LogP contribution in [-0.2, 0) is 0 Å². The van der Waals surface area contributed by atoms with E-state index in [0.717, 1.165) is 23.9 Å². The van der Waals surface area contributed by atoms with Gasteiger partial charge >= 0.3 is 0 Å². The monoisotopic (exact) mass is 190 g/mol. The van der Waals surface area contributed by atoms with Gasteiger partial charge in [0.05, 0.1) is 5.69 Å². The van der Waals surface area contributed by atoms with E-state index in [-0.39, 0.29) is 0 Å². The van der Waals surface area contributed by atoms with Gasteiger partial charge in [-0.2, -0.15) is 0 Å². The molecule has 1 saturated heterocycles. The molecule has 0 bridgehead atoms. The first-order valence-corrected chi connectivity index (χ1v) is 5.22. The number of nitrogens with zero attached hydrogens (tertiary/aromatic N) is 1. The molecule has 1 aliphatic carbocycles. The molecular weight excluding hydrogens is 176 g/mol. The van der Waals surface area contributed by atoms with Crippen LogP contribution >= 0.6 is 0 Å². The first kappa shape index (κ1) is 8.24. The molecule has 0 amide bonds. The minimum absolute atomic E-state index is 0.524. The summed E-state index contributed by atoms with van der Waals surface area (Å²) in [4.78, 5) is 0. The summed E-state index contributed by atoms with van der Waals surface area (Å²) in [6.45, 7) is 3.12. The molecule has 14 heavy (non-hydrogen) atoms. The molecule has 1 fully saturated rings. The van der Waals surface area contributed by atoms with E-state index in [9.17, 15) is 0 Å². The van der Waals surface area contributed by atoms with E-state index in [1.807, 2.05) is 13.0 Å². The molecule has 0 radical (unpaired) electrons. The molecule has 0 spiro atoms. The molecule has 74 valence electrons. The maximum Gasteiger partial charge on any atom is 0.164 e. The van der Waals surface area contributed by atoms with Crippen LogP contribution in [0.25, 0.3) is 5.57 Å². The van der Waals surface area contributed by atoms with Crippen molar-refractivity contribution in [2.75, 3.05) is 6.54 Å². The van der Waals surface area contributed by atoms with E-state index in [1.54, 1.807) is 0 Å². The highest BCUT2D eigenvalue weighted by atomic mass is 16.5. The third kappa shape index (κ3) is 1.12. The quantitative estimate of drug-likeness (QED) is 0.733. The van der Waals surface area contributed by atoms with E-state index in [2.05, 4.69) is 16.5 Å². The summed E-state index contributed by atoms with van der Waals surface area (Å²) >= 11 is 0. The standard InChI is InChI=1S/C11H14N2O/c1-7-5-10(14-13-7)9-4-2-3-8-6-12-11(8)9/h4-5,8,11-12H,2-3,6H2,1H3. The number of nitrogens with one attached hydrogen (secondary N) is 1. The van der Waals surface area contributed by atoms with E-state index < -0.39 is 0 Å². The number of rotatable bonds is 1. The lowest BCUT2D eigenvalue weighted by Gasteiger charge is -2.41. The topological polar surface area (TPSA) is 38.1 Å². The van der Waals surface area contributed by atoms with Crippen LogP contribution in [0.3, 0.4) is 0 Å². The van der Waals surface area contributed by atoms with Crippen molar-refractivity contribution in [3.05, 3.63) is 23.6 Å². The maximum absolute atomic E-state index is 5.30. The first-order chi connectivity index (χ1) is 6.84. The average Bonchev–Trinajstić information content (AvgIpc) is 2.54. The zero-order valence-electron chi connectivity index (χ0n) is 8.29. The molecule has 3 rings (SSSR count). The lowest BCUT2D eigenvalue weighted by molar-refractivity contribution is 0.257. The van der Waals surface area contributed by atoms with Crippen molar-refractivity contribution in [1.82, 2.24) is 10.5 Å². The second kappa shape index (κ2) is 2.95. The Labute approximate surface area is 83.2 Å². The van der Waals surface area contributed by atoms with Crippen molar-refractivity contribution < 1.29 is 4.52 Å². The van der Waals surface area contributed by atoms with Gasteiger partial charge in [0.25, 0.3) is 0 Å². The number of aryl methyl sites for hydroxylation is 1. The van der Waals surface area contributed by atoms with Crippen LogP contribution in [0.5, 0.6) is 0 Å². The molecule has 2 atom stereocenters.